The summed E-state index contributed by atoms with van der Waals surface area (Å²) in [7, 11) is 0. The number of anilines is 1. The van der Waals surface area contributed by atoms with Gasteiger partial charge in [-0.05, 0) is 25.8 Å². The van der Waals surface area contributed by atoms with Gasteiger partial charge in [-0.15, -0.1) is 0 Å². The van der Waals surface area contributed by atoms with Crippen LogP contribution in [0.5, 0.6) is 0 Å². The summed E-state index contributed by atoms with van der Waals surface area (Å²) in [6.45, 7) is 3.62. The highest BCUT2D eigenvalue weighted by Gasteiger charge is 2.27. The summed E-state index contributed by atoms with van der Waals surface area (Å²) in [5.41, 5.74) is 1.19. The maximum absolute atomic E-state index is 12.8. The largest absolute Gasteiger partial charge is 0.462 e. The Morgan fingerprint density at radius 1 is 1.43 bits per heavy atom. The molecule has 1 aromatic rings. The molecule has 0 amide bonds. The topological polar surface area (TPSA) is 51.7 Å². The number of aromatic nitrogens is 1. The Kier molecular flexibility index (Phi) is 5.87. The number of carbonyl (C=O) groups is 1. The minimum absolute atomic E-state index is 0.176. The minimum Gasteiger partial charge on any atom is -0.462 e. The van der Waals surface area contributed by atoms with Gasteiger partial charge in [-0.3, -0.25) is 4.98 Å². The van der Waals surface area contributed by atoms with E-state index in [0.717, 1.165) is 12.6 Å². The van der Waals surface area contributed by atoms with Crippen molar-refractivity contribution in [3.05, 3.63) is 24.0 Å². The number of nitrogens with zero attached hydrogens (tertiary/aromatic N) is 2. The van der Waals surface area contributed by atoms with Gasteiger partial charge < -0.3 is 14.4 Å². The Balaban J connectivity index is 1.96. The van der Waals surface area contributed by atoms with Crippen molar-refractivity contribution in [1.29, 1.82) is 0 Å². The maximum atomic E-state index is 12.8. The predicted octanol–water partition coefficient (Wildman–Crippen LogP) is 2.90. The Labute approximate surface area is 134 Å². The fourth-order valence-electron chi connectivity index (χ4n) is 2.56. The molecule has 0 atom stereocenters. The van der Waals surface area contributed by atoms with Crippen LogP contribution in [0.15, 0.2) is 18.5 Å². The van der Waals surface area contributed by atoms with Gasteiger partial charge in [0, 0.05) is 32.4 Å². The number of alkyl halides is 2. The second-order valence-electron chi connectivity index (χ2n) is 5.68. The van der Waals surface area contributed by atoms with Gasteiger partial charge in [0.2, 0.25) is 0 Å². The standard InChI is InChI=1S/C16H22F2N2O3/c1-3-22-15(21)13-10-19-7-4-14(13)20-8-5-12(6-9-20)23-11-16(2,17)18/h4,7,10,12H,3,5-6,8-9,11H2,1-2H3. The predicted molar refractivity (Wildman–Crippen MR) is 82.0 cm³/mol. The number of halogens is 2. The van der Waals surface area contributed by atoms with Gasteiger partial charge in [-0.25, -0.2) is 13.6 Å². The van der Waals surface area contributed by atoms with Crippen LogP contribution in [-0.2, 0) is 9.47 Å². The van der Waals surface area contributed by atoms with E-state index < -0.39 is 18.5 Å². The first-order valence-corrected chi connectivity index (χ1v) is 7.76. The molecule has 128 valence electrons. The first kappa shape index (κ1) is 17.6. The molecule has 7 heteroatoms. The number of carbonyl (C=O) groups excluding carboxylic acids is 1. The van der Waals surface area contributed by atoms with Crippen molar-refractivity contribution in [3.8, 4) is 0 Å². The Morgan fingerprint density at radius 3 is 2.74 bits per heavy atom. The van der Waals surface area contributed by atoms with Crippen LogP contribution in [0.3, 0.4) is 0 Å². The molecular weight excluding hydrogens is 306 g/mol. The highest BCUT2D eigenvalue weighted by molar-refractivity contribution is 5.95. The lowest BCUT2D eigenvalue weighted by Gasteiger charge is -2.34. The molecule has 1 aliphatic rings. The van der Waals surface area contributed by atoms with E-state index in [1.165, 1.54) is 6.20 Å². The molecule has 23 heavy (non-hydrogen) atoms. The fraction of sp³-hybridized carbons (Fsp3) is 0.625. The Hall–Kier alpha value is -1.76. The van der Waals surface area contributed by atoms with E-state index in [9.17, 15) is 13.6 Å². The van der Waals surface area contributed by atoms with Gasteiger partial charge >= 0.3 is 5.97 Å². The molecule has 2 heterocycles. The third-order valence-electron chi connectivity index (χ3n) is 3.65. The summed E-state index contributed by atoms with van der Waals surface area (Å²) in [5, 5.41) is 0. The number of rotatable bonds is 6. The Bertz CT molecular complexity index is 526. The van der Waals surface area contributed by atoms with Gasteiger partial charge in [0.25, 0.3) is 5.92 Å². The molecule has 2 rings (SSSR count). The molecule has 0 radical (unpaired) electrons. The smallest absolute Gasteiger partial charge is 0.341 e. The molecule has 1 saturated heterocycles. The van der Waals surface area contributed by atoms with Crippen molar-refractivity contribution >= 4 is 11.7 Å². The zero-order valence-electron chi connectivity index (χ0n) is 13.4. The van der Waals surface area contributed by atoms with E-state index in [1.54, 1.807) is 19.2 Å². The van der Waals surface area contributed by atoms with Crippen LogP contribution in [0.25, 0.3) is 0 Å². The lowest BCUT2D eigenvalue weighted by atomic mass is 10.1. The number of piperidine rings is 1. The summed E-state index contributed by atoms with van der Waals surface area (Å²) in [5.74, 6) is -3.21. The summed E-state index contributed by atoms with van der Waals surface area (Å²) in [6.07, 6.45) is 4.22. The first-order valence-electron chi connectivity index (χ1n) is 7.76. The van der Waals surface area contributed by atoms with E-state index in [0.29, 0.717) is 38.1 Å². The lowest BCUT2D eigenvalue weighted by Crippen LogP contribution is -2.39. The van der Waals surface area contributed by atoms with E-state index >= 15 is 0 Å². The van der Waals surface area contributed by atoms with Crippen LogP contribution in [0, 0.1) is 0 Å². The van der Waals surface area contributed by atoms with E-state index in [1.807, 2.05) is 4.90 Å². The molecule has 0 N–H and O–H groups in total. The minimum atomic E-state index is -2.81. The average Bonchev–Trinajstić information content (AvgIpc) is 2.53. The van der Waals surface area contributed by atoms with Crippen LogP contribution >= 0.6 is 0 Å². The molecule has 1 fully saturated rings. The van der Waals surface area contributed by atoms with Crippen LogP contribution in [0.4, 0.5) is 14.5 Å². The number of pyridine rings is 1. The number of esters is 1. The zero-order valence-corrected chi connectivity index (χ0v) is 13.4. The van der Waals surface area contributed by atoms with E-state index in [-0.39, 0.29) is 6.10 Å². The Morgan fingerprint density at radius 2 is 2.13 bits per heavy atom. The van der Waals surface area contributed by atoms with Crippen LogP contribution in [-0.4, -0.2) is 49.3 Å². The van der Waals surface area contributed by atoms with Gasteiger partial charge in [-0.1, -0.05) is 0 Å². The van der Waals surface area contributed by atoms with E-state index in [2.05, 4.69) is 4.98 Å². The van der Waals surface area contributed by atoms with Gasteiger partial charge in [-0.2, -0.15) is 0 Å². The third-order valence-corrected chi connectivity index (χ3v) is 3.65. The van der Waals surface area contributed by atoms with Crippen molar-refractivity contribution in [3.63, 3.8) is 0 Å². The van der Waals surface area contributed by atoms with Gasteiger partial charge in [0.1, 0.15) is 12.2 Å². The van der Waals surface area contributed by atoms with Crippen LogP contribution < -0.4 is 4.90 Å². The average molecular weight is 328 g/mol. The van der Waals surface area contributed by atoms with Crippen LogP contribution in [0.1, 0.15) is 37.0 Å². The highest BCUT2D eigenvalue weighted by Crippen LogP contribution is 2.26. The number of hydrogen-bond donors (Lipinski definition) is 0. The first-order chi connectivity index (χ1) is 10.9. The molecular formula is C16H22F2N2O3. The second kappa shape index (κ2) is 7.68. The monoisotopic (exact) mass is 328 g/mol. The zero-order chi connectivity index (χ0) is 16.9. The van der Waals surface area contributed by atoms with Crippen molar-refractivity contribution in [2.45, 2.75) is 38.7 Å². The lowest BCUT2D eigenvalue weighted by molar-refractivity contribution is -0.0914. The SMILES string of the molecule is CCOC(=O)c1cnccc1N1CCC(OCC(C)(F)F)CC1. The highest BCUT2D eigenvalue weighted by atomic mass is 19.3. The molecule has 1 aromatic heterocycles. The van der Waals surface area contributed by atoms with Gasteiger partial charge in [0.05, 0.1) is 18.4 Å². The summed E-state index contributed by atoms with van der Waals surface area (Å²) < 4.78 is 36.0. The molecule has 0 saturated carbocycles. The van der Waals surface area contributed by atoms with E-state index in [4.69, 9.17) is 9.47 Å². The van der Waals surface area contributed by atoms with Crippen LogP contribution in [0.2, 0.25) is 0 Å². The maximum Gasteiger partial charge on any atom is 0.341 e. The van der Waals surface area contributed by atoms with Crippen molar-refractivity contribution < 1.29 is 23.0 Å². The molecule has 0 unspecified atom stereocenters. The number of hydrogen-bond acceptors (Lipinski definition) is 5. The van der Waals surface area contributed by atoms with Crippen molar-refractivity contribution in [1.82, 2.24) is 4.98 Å². The molecule has 1 aliphatic heterocycles. The summed E-state index contributed by atoms with van der Waals surface area (Å²) >= 11 is 0. The van der Waals surface area contributed by atoms with Gasteiger partial charge in [0.15, 0.2) is 0 Å². The third kappa shape index (κ3) is 5.13. The quantitative estimate of drug-likeness (QED) is 0.752. The molecule has 5 nitrogen and oxygen atoms in total. The molecule has 0 bridgehead atoms. The number of ether oxygens (including phenoxy) is 2. The second-order valence-corrected chi connectivity index (χ2v) is 5.68. The fourth-order valence-corrected chi connectivity index (χ4v) is 2.56. The normalized spacial score (nSPS) is 16.4. The summed E-state index contributed by atoms with van der Waals surface area (Å²) in [6, 6.07) is 1.77. The molecule has 0 spiro atoms. The summed E-state index contributed by atoms with van der Waals surface area (Å²) in [4.78, 5) is 18.0. The van der Waals surface area contributed by atoms with Crippen molar-refractivity contribution in [2.75, 3.05) is 31.2 Å². The molecule has 0 aliphatic carbocycles. The van der Waals surface area contributed by atoms with Crippen molar-refractivity contribution in [2.24, 2.45) is 0 Å². The molecule has 0 aromatic carbocycles.